The molecule has 1 aromatic rings. The van der Waals surface area contributed by atoms with Gasteiger partial charge in [0.15, 0.2) is 0 Å². The van der Waals surface area contributed by atoms with Crippen LogP contribution in [0.5, 0.6) is 0 Å². The molecule has 1 atom stereocenters. The van der Waals surface area contributed by atoms with E-state index in [-0.39, 0.29) is 5.41 Å². The summed E-state index contributed by atoms with van der Waals surface area (Å²) in [4.78, 5) is 5.74. The fourth-order valence-electron chi connectivity index (χ4n) is 1.35. The van der Waals surface area contributed by atoms with Crippen molar-refractivity contribution in [3.63, 3.8) is 0 Å². The monoisotopic (exact) mass is 209 g/mol. The minimum atomic E-state index is 0.193. The maximum absolute atomic E-state index is 5.60. The highest BCUT2D eigenvalue weighted by atomic mass is 32.1. The number of nitrogens with zero attached hydrogens (tertiary/aromatic N) is 1. The van der Waals surface area contributed by atoms with Gasteiger partial charge in [-0.25, -0.2) is 4.99 Å². The lowest BCUT2D eigenvalue weighted by Crippen LogP contribution is -2.25. The molecule has 0 amide bonds. The number of aliphatic imine (C=N–C) groups is 1. The van der Waals surface area contributed by atoms with Gasteiger partial charge in [-0.3, -0.25) is 0 Å². The average Bonchev–Trinajstić information content (AvgIpc) is 2.73. The van der Waals surface area contributed by atoms with Crippen LogP contribution < -0.4 is 0 Å². The second-order valence-corrected chi connectivity index (χ2v) is 5.55. The molecule has 0 saturated carbocycles. The van der Waals surface area contributed by atoms with Gasteiger partial charge in [0, 0.05) is 0 Å². The van der Waals surface area contributed by atoms with Crippen molar-refractivity contribution >= 4 is 17.2 Å². The SMILES string of the molecule is CC(C)(C)[C@H]1COC(c2cccs2)=N1. The van der Waals surface area contributed by atoms with Crippen LogP contribution in [0.1, 0.15) is 25.6 Å². The molecular weight excluding hydrogens is 194 g/mol. The summed E-state index contributed by atoms with van der Waals surface area (Å²) in [6.07, 6.45) is 0. The first-order valence-electron chi connectivity index (χ1n) is 4.82. The highest BCUT2D eigenvalue weighted by Crippen LogP contribution is 2.28. The summed E-state index contributed by atoms with van der Waals surface area (Å²) >= 11 is 1.68. The molecule has 1 aliphatic heterocycles. The molecule has 0 bridgehead atoms. The van der Waals surface area contributed by atoms with E-state index >= 15 is 0 Å². The zero-order valence-corrected chi connectivity index (χ0v) is 9.60. The zero-order chi connectivity index (χ0) is 10.2. The van der Waals surface area contributed by atoms with E-state index in [2.05, 4.69) is 31.8 Å². The Hall–Kier alpha value is -0.830. The maximum Gasteiger partial charge on any atom is 0.226 e. The minimum Gasteiger partial charge on any atom is -0.475 e. The first-order valence-corrected chi connectivity index (χ1v) is 5.70. The molecule has 1 aromatic heterocycles. The lowest BCUT2D eigenvalue weighted by molar-refractivity contribution is 0.236. The van der Waals surface area contributed by atoms with Crippen molar-refractivity contribution in [2.75, 3.05) is 6.61 Å². The topological polar surface area (TPSA) is 21.6 Å². The van der Waals surface area contributed by atoms with Crippen LogP contribution in [0.2, 0.25) is 0 Å². The van der Waals surface area contributed by atoms with Crippen molar-refractivity contribution in [1.82, 2.24) is 0 Å². The summed E-state index contributed by atoms with van der Waals surface area (Å²) in [5.74, 6) is 0.819. The van der Waals surface area contributed by atoms with Crippen LogP contribution >= 0.6 is 11.3 Å². The lowest BCUT2D eigenvalue weighted by Gasteiger charge is -2.21. The molecule has 0 fully saturated rings. The number of thiophene rings is 1. The summed E-state index contributed by atoms with van der Waals surface area (Å²) < 4.78 is 5.60. The molecule has 2 heterocycles. The fraction of sp³-hybridized carbons (Fsp3) is 0.545. The first kappa shape index (κ1) is 9.71. The van der Waals surface area contributed by atoms with Gasteiger partial charge in [0.25, 0.3) is 0 Å². The average molecular weight is 209 g/mol. The van der Waals surface area contributed by atoms with Crippen LogP contribution in [-0.4, -0.2) is 18.5 Å². The second kappa shape index (κ2) is 3.39. The summed E-state index contributed by atoms with van der Waals surface area (Å²) in [7, 11) is 0. The van der Waals surface area contributed by atoms with E-state index in [1.165, 1.54) is 0 Å². The molecule has 76 valence electrons. The van der Waals surface area contributed by atoms with Crippen molar-refractivity contribution in [2.24, 2.45) is 10.4 Å². The van der Waals surface area contributed by atoms with Gasteiger partial charge in [-0.1, -0.05) is 26.8 Å². The van der Waals surface area contributed by atoms with E-state index in [0.717, 1.165) is 17.4 Å². The van der Waals surface area contributed by atoms with E-state index in [1.54, 1.807) is 11.3 Å². The molecule has 0 saturated heterocycles. The van der Waals surface area contributed by atoms with Crippen molar-refractivity contribution in [1.29, 1.82) is 0 Å². The third-order valence-electron chi connectivity index (χ3n) is 2.38. The van der Waals surface area contributed by atoms with E-state index in [4.69, 9.17) is 4.74 Å². The smallest absolute Gasteiger partial charge is 0.226 e. The Morgan fingerprint density at radius 3 is 2.79 bits per heavy atom. The lowest BCUT2D eigenvalue weighted by atomic mass is 9.88. The van der Waals surface area contributed by atoms with Crippen LogP contribution in [0.3, 0.4) is 0 Å². The maximum atomic E-state index is 5.60. The second-order valence-electron chi connectivity index (χ2n) is 4.60. The molecule has 0 radical (unpaired) electrons. The van der Waals surface area contributed by atoms with E-state index in [9.17, 15) is 0 Å². The molecule has 0 aliphatic carbocycles. The van der Waals surface area contributed by atoms with Crippen LogP contribution in [-0.2, 0) is 4.74 Å². The Morgan fingerprint density at radius 2 is 2.29 bits per heavy atom. The van der Waals surface area contributed by atoms with Crippen molar-refractivity contribution in [3.05, 3.63) is 22.4 Å². The normalized spacial score (nSPS) is 21.9. The van der Waals surface area contributed by atoms with Gasteiger partial charge in [0.05, 0.1) is 10.9 Å². The Kier molecular flexibility index (Phi) is 2.35. The molecule has 0 unspecified atom stereocenters. The predicted octanol–water partition coefficient (Wildman–Crippen LogP) is 2.94. The van der Waals surface area contributed by atoms with Gasteiger partial charge in [-0.2, -0.15) is 0 Å². The quantitative estimate of drug-likeness (QED) is 0.697. The Morgan fingerprint density at radius 1 is 1.50 bits per heavy atom. The van der Waals surface area contributed by atoms with Gasteiger partial charge < -0.3 is 4.74 Å². The highest BCUT2D eigenvalue weighted by Gasteiger charge is 2.30. The van der Waals surface area contributed by atoms with E-state index < -0.39 is 0 Å². The number of hydrogen-bond acceptors (Lipinski definition) is 3. The van der Waals surface area contributed by atoms with Gasteiger partial charge in [0.1, 0.15) is 6.61 Å². The van der Waals surface area contributed by atoms with Crippen LogP contribution in [0, 0.1) is 5.41 Å². The van der Waals surface area contributed by atoms with E-state index in [0.29, 0.717) is 6.04 Å². The van der Waals surface area contributed by atoms with Gasteiger partial charge >= 0.3 is 0 Å². The van der Waals surface area contributed by atoms with Crippen LogP contribution in [0.15, 0.2) is 22.5 Å². The summed E-state index contributed by atoms with van der Waals surface area (Å²) in [5.41, 5.74) is 0.193. The minimum absolute atomic E-state index is 0.193. The first-order chi connectivity index (χ1) is 6.57. The third-order valence-corrected chi connectivity index (χ3v) is 3.24. The molecule has 2 nitrogen and oxygen atoms in total. The Labute approximate surface area is 88.6 Å². The molecule has 3 heteroatoms. The molecular formula is C11H15NOS. The highest BCUT2D eigenvalue weighted by molar-refractivity contribution is 7.12. The zero-order valence-electron chi connectivity index (χ0n) is 8.78. The van der Waals surface area contributed by atoms with Gasteiger partial charge in [-0.15, -0.1) is 11.3 Å². The number of hydrogen-bond donors (Lipinski definition) is 0. The molecule has 0 N–H and O–H groups in total. The van der Waals surface area contributed by atoms with Crippen molar-refractivity contribution in [2.45, 2.75) is 26.8 Å². The predicted molar refractivity (Wildman–Crippen MR) is 60.1 cm³/mol. The van der Waals surface area contributed by atoms with Gasteiger partial charge in [0.2, 0.25) is 5.90 Å². The third kappa shape index (κ3) is 1.82. The Balaban J connectivity index is 2.18. The molecule has 2 rings (SSSR count). The number of ether oxygens (including phenoxy) is 1. The number of rotatable bonds is 1. The molecule has 0 aromatic carbocycles. The molecule has 14 heavy (non-hydrogen) atoms. The van der Waals surface area contributed by atoms with E-state index in [1.807, 2.05) is 11.4 Å². The van der Waals surface area contributed by atoms with Crippen LogP contribution in [0.4, 0.5) is 0 Å². The molecule has 0 spiro atoms. The van der Waals surface area contributed by atoms with Crippen LogP contribution in [0.25, 0.3) is 0 Å². The summed E-state index contributed by atoms with van der Waals surface area (Å²) in [5, 5.41) is 2.05. The van der Waals surface area contributed by atoms with Gasteiger partial charge in [-0.05, 0) is 16.9 Å². The summed E-state index contributed by atoms with van der Waals surface area (Å²) in [6.45, 7) is 7.31. The fourth-order valence-corrected chi connectivity index (χ4v) is 2.03. The standard InChI is InChI=1S/C11H15NOS/c1-11(2,3)9-7-13-10(12-9)8-5-4-6-14-8/h4-6,9H,7H2,1-3H3/t9-/m1/s1. The molecule has 1 aliphatic rings. The Bertz CT molecular complexity index is 335. The summed E-state index contributed by atoms with van der Waals surface area (Å²) in [6, 6.07) is 4.37. The largest absolute Gasteiger partial charge is 0.475 e. The van der Waals surface area contributed by atoms with Crippen molar-refractivity contribution in [3.8, 4) is 0 Å². The van der Waals surface area contributed by atoms with Crippen molar-refractivity contribution < 1.29 is 4.74 Å².